The smallest absolute Gasteiger partial charge is 0.304 e. The van der Waals surface area contributed by atoms with Crippen molar-refractivity contribution in [2.45, 2.75) is 45.2 Å². The van der Waals surface area contributed by atoms with E-state index < -0.39 is 5.97 Å². The molecule has 0 bridgehead atoms. The van der Waals surface area contributed by atoms with Gasteiger partial charge in [0.05, 0.1) is 17.6 Å². The number of carbonyl (C=O) groups is 1. The number of hydrogen-bond donors (Lipinski definition) is 3. The van der Waals surface area contributed by atoms with Crippen LogP contribution >= 0.6 is 24.8 Å². The lowest BCUT2D eigenvalue weighted by atomic mass is 10.0. The largest absolute Gasteiger partial charge is 0.481 e. The van der Waals surface area contributed by atoms with Gasteiger partial charge in [-0.25, -0.2) is 0 Å². The quantitative estimate of drug-likeness (QED) is 0.672. The Balaban J connectivity index is 0.00000182. The van der Waals surface area contributed by atoms with Gasteiger partial charge in [0.1, 0.15) is 0 Å². The van der Waals surface area contributed by atoms with E-state index in [4.69, 9.17) is 5.11 Å². The van der Waals surface area contributed by atoms with E-state index >= 15 is 0 Å². The fourth-order valence-corrected chi connectivity index (χ4v) is 3.63. The van der Waals surface area contributed by atoms with Gasteiger partial charge in [-0.3, -0.25) is 14.5 Å². The number of carboxylic acids is 1. The maximum absolute atomic E-state index is 12.3. The normalized spacial score (nSPS) is 13.9. The number of nitrogens with one attached hydrogen (secondary N) is 2. The third-order valence-corrected chi connectivity index (χ3v) is 5.02. The van der Waals surface area contributed by atoms with Crippen LogP contribution in [0.2, 0.25) is 0 Å². The number of fused-ring (bicyclic) bond motifs is 3. The first-order valence-electron chi connectivity index (χ1n) is 8.83. The van der Waals surface area contributed by atoms with E-state index in [9.17, 15) is 9.59 Å². The summed E-state index contributed by atoms with van der Waals surface area (Å²) >= 11 is 0. The van der Waals surface area contributed by atoms with Crippen molar-refractivity contribution in [1.82, 2.24) is 9.88 Å². The molecular formula is C19H27Cl2N3O3. The van der Waals surface area contributed by atoms with E-state index in [1.807, 2.05) is 26.1 Å². The number of H-pyrrole nitrogens is 1. The molecule has 150 valence electrons. The van der Waals surface area contributed by atoms with E-state index in [-0.39, 0.29) is 42.8 Å². The van der Waals surface area contributed by atoms with E-state index in [1.54, 1.807) is 0 Å². The van der Waals surface area contributed by atoms with Gasteiger partial charge in [-0.15, -0.1) is 24.8 Å². The summed E-state index contributed by atoms with van der Waals surface area (Å²) in [6, 6.07) is 6.10. The molecule has 1 aliphatic rings. The summed E-state index contributed by atoms with van der Waals surface area (Å²) in [4.78, 5) is 28.4. The van der Waals surface area contributed by atoms with Gasteiger partial charge in [0.2, 0.25) is 0 Å². The molecule has 0 amide bonds. The number of hydrogen-bond acceptors (Lipinski definition) is 4. The number of rotatable bonds is 6. The molecule has 0 saturated heterocycles. The first-order valence-corrected chi connectivity index (χ1v) is 8.83. The second-order valence-electron chi connectivity index (χ2n) is 6.79. The van der Waals surface area contributed by atoms with Gasteiger partial charge >= 0.3 is 5.97 Å². The summed E-state index contributed by atoms with van der Waals surface area (Å²) in [5.74, 6) is -0.778. The van der Waals surface area contributed by atoms with Crippen molar-refractivity contribution in [2.24, 2.45) is 0 Å². The average molecular weight is 416 g/mol. The number of aromatic nitrogens is 1. The van der Waals surface area contributed by atoms with Crippen LogP contribution in [0, 0.1) is 0 Å². The maximum Gasteiger partial charge on any atom is 0.304 e. The predicted molar refractivity (Wildman–Crippen MR) is 114 cm³/mol. The SMILES string of the molecule is CCC(CC(=O)O)N(C)Cc1ccc2c3c(c(=O)[nH]c2c1)CCCN3.Cl.Cl. The number of anilines is 1. The molecule has 0 spiro atoms. The minimum absolute atomic E-state index is 0. The number of aliphatic carboxylic acids is 1. The fraction of sp³-hybridized carbons (Fsp3) is 0.474. The second kappa shape index (κ2) is 9.97. The number of halogens is 2. The number of aromatic amines is 1. The van der Waals surface area contributed by atoms with E-state index in [0.717, 1.165) is 53.5 Å². The molecule has 0 saturated carbocycles. The average Bonchev–Trinajstić information content (AvgIpc) is 2.59. The third kappa shape index (κ3) is 5.15. The van der Waals surface area contributed by atoms with Crippen molar-refractivity contribution in [2.75, 3.05) is 18.9 Å². The molecule has 2 aromatic rings. The molecule has 2 heterocycles. The lowest BCUT2D eigenvalue weighted by Gasteiger charge is -2.26. The maximum atomic E-state index is 12.3. The summed E-state index contributed by atoms with van der Waals surface area (Å²) in [6.07, 6.45) is 2.71. The first-order chi connectivity index (χ1) is 12.0. The Hall–Kier alpha value is -1.76. The molecule has 6 nitrogen and oxygen atoms in total. The number of carboxylic acid groups (broad SMARTS) is 1. The van der Waals surface area contributed by atoms with Crippen LogP contribution in [0.5, 0.6) is 0 Å². The summed E-state index contributed by atoms with van der Waals surface area (Å²) < 4.78 is 0. The van der Waals surface area contributed by atoms with Crippen LogP contribution in [-0.4, -0.2) is 40.6 Å². The lowest BCUT2D eigenvalue weighted by molar-refractivity contribution is -0.138. The molecule has 1 unspecified atom stereocenters. The minimum Gasteiger partial charge on any atom is -0.481 e. The van der Waals surface area contributed by atoms with Gasteiger partial charge in [-0.1, -0.05) is 19.1 Å². The molecule has 0 radical (unpaired) electrons. The highest BCUT2D eigenvalue weighted by molar-refractivity contribution is 5.93. The van der Waals surface area contributed by atoms with Crippen LogP contribution in [-0.2, 0) is 17.8 Å². The van der Waals surface area contributed by atoms with E-state index in [1.165, 1.54) is 0 Å². The van der Waals surface area contributed by atoms with Gasteiger partial charge in [0.15, 0.2) is 0 Å². The Labute approximate surface area is 171 Å². The Morgan fingerprint density at radius 1 is 1.33 bits per heavy atom. The number of nitrogens with zero attached hydrogens (tertiary/aromatic N) is 1. The van der Waals surface area contributed by atoms with Crippen molar-refractivity contribution in [3.63, 3.8) is 0 Å². The molecule has 8 heteroatoms. The van der Waals surface area contributed by atoms with E-state index in [0.29, 0.717) is 6.54 Å². The van der Waals surface area contributed by atoms with E-state index in [2.05, 4.69) is 21.3 Å². The molecule has 0 aliphatic carbocycles. The van der Waals surface area contributed by atoms with Crippen LogP contribution in [0.4, 0.5) is 5.69 Å². The van der Waals surface area contributed by atoms with Crippen molar-refractivity contribution < 1.29 is 9.90 Å². The summed E-state index contributed by atoms with van der Waals surface area (Å²) in [5, 5.41) is 13.4. The Kier molecular flexibility index (Phi) is 8.59. The molecule has 1 aliphatic heterocycles. The van der Waals surface area contributed by atoms with Crippen LogP contribution in [0.3, 0.4) is 0 Å². The predicted octanol–water partition coefficient (Wildman–Crippen LogP) is 3.41. The van der Waals surface area contributed by atoms with Gasteiger partial charge < -0.3 is 15.4 Å². The first kappa shape index (κ1) is 23.3. The Morgan fingerprint density at radius 3 is 2.74 bits per heavy atom. The second-order valence-corrected chi connectivity index (χ2v) is 6.79. The number of pyridine rings is 1. The van der Waals surface area contributed by atoms with Gasteiger partial charge in [0, 0.05) is 30.1 Å². The van der Waals surface area contributed by atoms with Crippen molar-refractivity contribution in [3.05, 3.63) is 39.7 Å². The highest BCUT2D eigenvalue weighted by Crippen LogP contribution is 2.28. The zero-order chi connectivity index (χ0) is 18.0. The van der Waals surface area contributed by atoms with Crippen molar-refractivity contribution in [3.8, 4) is 0 Å². The minimum atomic E-state index is -0.778. The fourth-order valence-electron chi connectivity index (χ4n) is 3.63. The molecule has 3 rings (SSSR count). The molecular weight excluding hydrogens is 389 g/mol. The van der Waals surface area contributed by atoms with Crippen LogP contribution in [0.25, 0.3) is 10.9 Å². The molecule has 1 aromatic carbocycles. The van der Waals surface area contributed by atoms with Crippen molar-refractivity contribution in [1.29, 1.82) is 0 Å². The molecule has 1 aromatic heterocycles. The molecule has 27 heavy (non-hydrogen) atoms. The van der Waals surface area contributed by atoms with Crippen molar-refractivity contribution >= 4 is 47.4 Å². The highest BCUT2D eigenvalue weighted by atomic mass is 35.5. The zero-order valence-corrected chi connectivity index (χ0v) is 17.2. The van der Waals surface area contributed by atoms with Crippen LogP contribution in [0.1, 0.15) is 37.3 Å². The summed E-state index contributed by atoms with van der Waals surface area (Å²) in [7, 11) is 1.94. The monoisotopic (exact) mass is 415 g/mol. The molecule has 3 N–H and O–H groups in total. The highest BCUT2D eigenvalue weighted by Gasteiger charge is 2.18. The topological polar surface area (TPSA) is 85.4 Å². The summed E-state index contributed by atoms with van der Waals surface area (Å²) in [5.41, 5.74) is 3.68. The Bertz CT molecular complexity index is 854. The number of benzene rings is 1. The lowest BCUT2D eigenvalue weighted by Crippen LogP contribution is -2.32. The molecule has 0 fully saturated rings. The van der Waals surface area contributed by atoms with Crippen LogP contribution in [0.15, 0.2) is 23.0 Å². The zero-order valence-electron chi connectivity index (χ0n) is 15.6. The third-order valence-electron chi connectivity index (χ3n) is 5.02. The van der Waals surface area contributed by atoms with Gasteiger partial charge in [-0.05, 0) is 37.9 Å². The molecule has 1 atom stereocenters. The van der Waals surface area contributed by atoms with Crippen LogP contribution < -0.4 is 10.9 Å². The standard InChI is InChI=1S/C19H25N3O3.2ClH/c1-3-13(10-17(23)24)22(2)11-12-6-7-14-16(9-12)21-19(25)15-5-4-8-20-18(14)15;;/h6-7,9,13,20H,3-5,8,10-11H2,1-2H3,(H,21,25)(H,23,24);2*1H. The van der Waals surface area contributed by atoms with Gasteiger partial charge in [-0.2, -0.15) is 0 Å². The Morgan fingerprint density at radius 2 is 2.07 bits per heavy atom. The summed E-state index contributed by atoms with van der Waals surface area (Å²) in [6.45, 7) is 3.54. The van der Waals surface area contributed by atoms with Gasteiger partial charge in [0.25, 0.3) is 5.56 Å².